The summed E-state index contributed by atoms with van der Waals surface area (Å²) in [6.45, 7) is 8.07. The average Bonchev–Trinajstić information content (AvgIpc) is 3.89. The molecule has 11 rings (SSSR count). The molecule has 3 aromatic heterocycles. The van der Waals surface area contributed by atoms with Crippen molar-refractivity contribution in [2.45, 2.75) is 0 Å². The molecule has 3 heterocycles. The van der Waals surface area contributed by atoms with Gasteiger partial charge in [0.25, 0.3) is 0 Å². The van der Waals surface area contributed by atoms with Gasteiger partial charge in [-0.05, 0) is 100 Å². The number of furan rings is 1. The van der Waals surface area contributed by atoms with Gasteiger partial charge in [-0.3, -0.25) is 0 Å². The highest BCUT2D eigenvalue weighted by Gasteiger charge is 2.20. The number of aromatic nitrogens is 4. The van der Waals surface area contributed by atoms with Gasteiger partial charge in [0.1, 0.15) is 11.2 Å². The van der Waals surface area contributed by atoms with Crippen LogP contribution in [0.25, 0.3) is 111 Å². The van der Waals surface area contributed by atoms with Crippen molar-refractivity contribution in [1.82, 2.24) is 19.5 Å². The van der Waals surface area contributed by atoms with E-state index in [2.05, 4.69) is 145 Å². The lowest BCUT2D eigenvalue weighted by molar-refractivity contribution is 0.669. The lowest BCUT2D eigenvalue weighted by Crippen LogP contribution is -2.01. The largest absolute Gasteiger partial charge is 0.456 e. The van der Waals surface area contributed by atoms with E-state index in [0.717, 1.165) is 83.2 Å². The predicted molar refractivity (Wildman–Crippen MR) is 257 cm³/mol. The number of hydrogen-bond donors (Lipinski definition) is 0. The molecule has 0 spiro atoms. The Morgan fingerprint density at radius 2 is 1.08 bits per heavy atom. The molecule has 0 atom stereocenters. The topological polar surface area (TPSA) is 56.7 Å². The van der Waals surface area contributed by atoms with Gasteiger partial charge in [-0.2, -0.15) is 0 Å². The van der Waals surface area contributed by atoms with E-state index in [1.54, 1.807) is 6.08 Å². The fourth-order valence-electron chi connectivity index (χ4n) is 8.67. The van der Waals surface area contributed by atoms with Crippen LogP contribution >= 0.6 is 0 Å². The fourth-order valence-corrected chi connectivity index (χ4v) is 8.67. The van der Waals surface area contributed by atoms with Crippen LogP contribution in [-0.2, 0) is 0 Å². The standard InChI is InChI=1S/C57H38N4O/c1-3-17-37(4-2)42-32-43(38-18-8-5-9-19-38)34-44(33-42)56-58-55(39-20-10-6-11-21-39)59-57(60-56)47-25-16-27-53-54(47)49-36-41(29-31-52(49)62-53)40-28-30-51-48(35-40)46-24-14-15-26-50(46)61(51)45-22-12-7-13-23-45/h3-36H,1-2H2/b37-17+. The normalized spacial score (nSPS) is 11.8. The Morgan fingerprint density at radius 1 is 0.452 bits per heavy atom. The molecule has 0 saturated heterocycles. The Balaban J connectivity index is 1.10. The number of hydrogen-bond acceptors (Lipinski definition) is 4. The zero-order valence-electron chi connectivity index (χ0n) is 33.7. The molecule has 0 amide bonds. The zero-order valence-corrected chi connectivity index (χ0v) is 33.7. The summed E-state index contributed by atoms with van der Waals surface area (Å²) < 4.78 is 8.90. The highest BCUT2D eigenvalue weighted by molar-refractivity contribution is 6.14. The van der Waals surface area contributed by atoms with Gasteiger partial charge >= 0.3 is 0 Å². The molecule has 0 fully saturated rings. The summed E-state index contributed by atoms with van der Waals surface area (Å²) >= 11 is 0. The van der Waals surface area contributed by atoms with Crippen molar-refractivity contribution >= 4 is 49.3 Å². The van der Waals surface area contributed by atoms with Crippen LogP contribution in [0.3, 0.4) is 0 Å². The molecule has 8 aromatic carbocycles. The van der Waals surface area contributed by atoms with Crippen LogP contribution in [0.4, 0.5) is 0 Å². The third kappa shape index (κ3) is 6.40. The van der Waals surface area contributed by atoms with E-state index >= 15 is 0 Å². The van der Waals surface area contributed by atoms with Gasteiger partial charge in [-0.25, -0.2) is 15.0 Å². The van der Waals surface area contributed by atoms with E-state index in [1.807, 2.05) is 72.8 Å². The van der Waals surface area contributed by atoms with Crippen molar-refractivity contribution in [3.8, 4) is 62.1 Å². The third-order valence-electron chi connectivity index (χ3n) is 11.6. The first-order valence-corrected chi connectivity index (χ1v) is 20.7. The molecule has 0 aliphatic heterocycles. The lowest BCUT2D eigenvalue weighted by atomic mass is 9.95. The van der Waals surface area contributed by atoms with Crippen LogP contribution in [0.5, 0.6) is 0 Å². The smallest absolute Gasteiger partial charge is 0.164 e. The van der Waals surface area contributed by atoms with Crippen LogP contribution in [0.2, 0.25) is 0 Å². The minimum Gasteiger partial charge on any atom is -0.456 e. The second kappa shape index (κ2) is 15.3. The number of nitrogens with zero attached hydrogens (tertiary/aromatic N) is 4. The van der Waals surface area contributed by atoms with Crippen molar-refractivity contribution in [2.75, 3.05) is 0 Å². The van der Waals surface area contributed by atoms with Crippen molar-refractivity contribution in [2.24, 2.45) is 0 Å². The summed E-state index contributed by atoms with van der Waals surface area (Å²) in [7, 11) is 0. The first-order chi connectivity index (χ1) is 30.6. The van der Waals surface area contributed by atoms with Gasteiger partial charge in [0, 0.05) is 43.9 Å². The summed E-state index contributed by atoms with van der Waals surface area (Å²) in [6.07, 6.45) is 5.60. The number of fused-ring (bicyclic) bond motifs is 6. The molecule has 0 radical (unpaired) electrons. The lowest BCUT2D eigenvalue weighted by Gasteiger charge is -2.13. The number of para-hydroxylation sites is 2. The van der Waals surface area contributed by atoms with Crippen LogP contribution in [0.15, 0.2) is 224 Å². The maximum Gasteiger partial charge on any atom is 0.164 e. The van der Waals surface area contributed by atoms with E-state index in [1.165, 1.54) is 16.3 Å². The number of allylic oxidation sites excluding steroid dienone is 4. The summed E-state index contributed by atoms with van der Waals surface area (Å²) in [5, 5.41) is 4.35. The first-order valence-electron chi connectivity index (χ1n) is 20.7. The Kier molecular flexibility index (Phi) is 9.06. The second-order valence-corrected chi connectivity index (χ2v) is 15.3. The third-order valence-corrected chi connectivity index (χ3v) is 11.6. The quantitative estimate of drug-likeness (QED) is 0.137. The monoisotopic (exact) mass is 794 g/mol. The van der Waals surface area contributed by atoms with Crippen molar-refractivity contribution in [3.63, 3.8) is 0 Å². The number of rotatable bonds is 9. The Hall–Kier alpha value is -8.41. The highest BCUT2D eigenvalue weighted by atomic mass is 16.3. The maximum absolute atomic E-state index is 6.56. The SMILES string of the molecule is C=C/C=C(\C=C)c1cc(-c2ccccc2)cc(-c2nc(-c3ccccc3)nc(-c3cccc4oc5ccc(-c6ccc7c(c6)c6ccccc6n7-c6ccccc6)cc5c34)n2)c1. The van der Waals surface area contributed by atoms with Crippen LogP contribution in [0.1, 0.15) is 5.56 Å². The summed E-state index contributed by atoms with van der Waals surface area (Å²) in [6, 6.07) is 65.4. The minimum absolute atomic E-state index is 0.555. The average molecular weight is 795 g/mol. The van der Waals surface area contributed by atoms with Crippen molar-refractivity contribution in [1.29, 1.82) is 0 Å². The van der Waals surface area contributed by atoms with E-state index in [4.69, 9.17) is 19.4 Å². The minimum atomic E-state index is 0.555. The van der Waals surface area contributed by atoms with E-state index in [0.29, 0.717) is 17.5 Å². The van der Waals surface area contributed by atoms with Gasteiger partial charge < -0.3 is 8.98 Å². The van der Waals surface area contributed by atoms with Crippen molar-refractivity contribution in [3.05, 3.63) is 225 Å². The molecule has 292 valence electrons. The highest BCUT2D eigenvalue weighted by Crippen LogP contribution is 2.41. The van der Waals surface area contributed by atoms with Crippen LogP contribution < -0.4 is 0 Å². The predicted octanol–water partition coefficient (Wildman–Crippen LogP) is 15.0. The van der Waals surface area contributed by atoms with Crippen LogP contribution in [0, 0.1) is 0 Å². The Bertz CT molecular complexity index is 3540. The Labute approximate surface area is 358 Å². The van der Waals surface area contributed by atoms with Gasteiger partial charge in [0.05, 0.1) is 11.0 Å². The van der Waals surface area contributed by atoms with E-state index < -0.39 is 0 Å². The fraction of sp³-hybridized carbons (Fsp3) is 0. The van der Waals surface area contributed by atoms with Gasteiger partial charge in [0.2, 0.25) is 0 Å². The molecule has 62 heavy (non-hydrogen) atoms. The molecule has 0 N–H and O–H groups in total. The van der Waals surface area contributed by atoms with Gasteiger partial charge in [0.15, 0.2) is 17.5 Å². The molecule has 0 aliphatic carbocycles. The van der Waals surface area contributed by atoms with Gasteiger partial charge in [-0.1, -0.05) is 153 Å². The molecule has 5 heteroatoms. The molecular formula is C57H38N4O. The molecular weight excluding hydrogens is 757 g/mol. The van der Waals surface area contributed by atoms with E-state index in [9.17, 15) is 0 Å². The van der Waals surface area contributed by atoms with Gasteiger partial charge in [-0.15, -0.1) is 0 Å². The Morgan fingerprint density at radius 3 is 1.84 bits per heavy atom. The second-order valence-electron chi connectivity index (χ2n) is 15.3. The number of benzene rings is 8. The molecule has 0 saturated carbocycles. The molecule has 0 aliphatic rings. The maximum atomic E-state index is 6.56. The first kappa shape index (κ1) is 36.7. The van der Waals surface area contributed by atoms with Crippen molar-refractivity contribution < 1.29 is 4.42 Å². The zero-order chi connectivity index (χ0) is 41.6. The molecule has 11 aromatic rings. The molecule has 0 unspecified atom stereocenters. The molecule has 5 nitrogen and oxygen atoms in total. The van der Waals surface area contributed by atoms with E-state index in [-0.39, 0.29) is 0 Å². The summed E-state index contributed by atoms with van der Waals surface area (Å²) in [4.78, 5) is 15.6. The summed E-state index contributed by atoms with van der Waals surface area (Å²) in [5.41, 5.74) is 13.9. The summed E-state index contributed by atoms with van der Waals surface area (Å²) in [5.74, 6) is 1.69. The van der Waals surface area contributed by atoms with Crippen LogP contribution in [-0.4, -0.2) is 19.5 Å². The molecule has 0 bridgehead atoms.